The first-order valence-electron chi connectivity index (χ1n) is 12.6. The highest BCUT2D eigenvalue weighted by Gasteiger charge is 2.31. The molecule has 4 unspecified atom stereocenters. The molecule has 3 aromatic rings. The number of carboxylic acids is 1. The maximum atomic E-state index is 13.5. The third-order valence-electron chi connectivity index (χ3n) is 6.15. The summed E-state index contributed by atoms with van der Waals surface area (Å²) in [7, 11) is 0. The number of hydrogen-bond donors (Lipinski definition) is 9. The van der Waals surface area contributed by atoms with Crippen LogP contribution in [0.25, 0.3) is 0 Å². The van der Waals surface area contributed by atoms with Crippen LogP contribution >= 0.6 is 12.6 Å². The van der Waals surface area contributed by atoms with Crippen LogP contribution in [0.4, 0.5) is 0 Å². The molecule has 0 radical (unpaired) electrons. The van der Waals surface area contributed by atoms with Gasteiger partial charge in [-0.25, -0.2) is 9.78 Å². The second-order valence-corrected chi connectivity index (χ2v) is 9.70. The number of phenolic OH excluding ortho intramolecular Hbond substituents is 2. The number of amides is 3. The van der Waals surface area contributed by atoms with Gasteiger partial charge in [0.1, 0.15) is 29.6 Å². The molecule has 41 heavy (non-hydrogen) atoms. The molecule has 0 aliphatic heterocycles. The van der Waals surface area contributed by atoms with Gasteiger partial charge in [-0.2, -0.15) is 12.6 Å². The zero-order chi connectivity index (χ0) is 29.9. The van der Waals surface area contributed by atoms with Gasteiger partial charge in [0.05, 0.1) is 12.4 Å². The monoisotopic (exact) mass is 584 g/mol. The summed E-state index contributed by atoms with van der Waals surface area (Å²) in [5.74, 6) is -3.36. The lowest BCUT2D eigenvalue weighted by molar-refractivity contribution is -0.142. The third-order valence-corrected chi connectivity index (χ3v) is 6.54. The molecule has 2 aromatic carbocycles. The summed E-state index contributed by atoms with van der Waals surface area (Å²) in [5.41, 5.74) is 7.43. The van der Waals surface area contributed by atoms with Crippen molar-refractivity contribution < 1.29 is 34.5 Å². The summed E-state index contributed by atoms with van der Waals surface area (Å²) >= 11 is 4.02. The Labute approximate surface area is 241 Å². The fraction of sp³-hybridized carbons (Fsp3) is 0.296. The standard InChI is InChI=1S/C27H32N6O7S/c28-20(13-41)24(36)31-21(9-15-1-5-18(34)6-2-15)25(37)32-22(11-17-12-29-14-30-17)26(38)33-23(27(39)40)10-16-3-7-19(35)8-4-16/h1-8,12,14,20-23,34-35,41H,9-11,13,28H2,(H,29,30)(H,31,36)(H,32,37)(H,33,38)(H,39,40). The van der Waals surface area contributed by atoms with Crippen LogP contribution in [-0.2, 0) is 38.4 Å². The zero-order valence-corrected chi connectivity index (χ0v) is 22.8. The Hall–Kier alpha value is -4.56. The highest BCUT2D eigenvalue weighted by Crippen LogP contribution is 2.13. The SMILES string of the molecule is NC(CS)C(=O)NC(Cc1ccc(O)cc1)C(=O)NC(Cc1cnc[nH]1)C(=O)NC(Cc1ccc(O)cc1)C(=O)O. The van der Waals surface area contributed by atoms with E-state index in [0.29, 0.717) is 16.8 Å². The molecule has 0 aliphatic rings. The molecule has 4 atom stereocenters. The summed E-state index contributed by atoms with van der Waals surface area (Å²) in [6.07, 6.45) is 2.73. The van der Waals surface area contributed by atoms with Crippen molar-refractivity contribution in [2.75, 3.05) is 5.75 Å². The van der Waals surface area contributed by atoms with Crippen LogP contribution in [0.1, 0.15) is 16.8 Å². The highest BCUT2D eigenvalue weighted by atomic mass is 32.1. The van der Waals surface area contributed by atoms with E-state index >= 15 is 0 Å². The topological polar surface area (TPSA) is 220 Å². The molecule has 13 nitrogen and oxygen atoms in total. The van der Waals surface area contributed by atoms with Crippen molar-refractivity contribution in [1.29, 1.82) is 0 Å². The van der Waals surface area contributed by atoms with E-state index in [9.17, 15) is 34.5 Å². The number of aliphatic carboxylic acids is 1. The van der Waals surface area contributed by atoms with E-state index in [1.54, 1.807) is 12.1 Å². The highest BCUT2D eigenvalue weighted by molar-refractivity contribution is 7.80. The molecule has 14 heteroatoms. The van der Waals surface area contributed by atoms with Crippen molar-refractivity contribution in [3.05, 3.63) is 77.9 Å². The Kier molecular flexibility index (Phi) is 11.1. The Morgan fingerprint density at radius 2 is 1.24 bits per heavy atom. The van der Waals surface area contributed by atoms with Crippen molar-refractivity contribution in [1.82, 2.24) is 25.9 Å². The van der Waals surface area contributed by atoms with Crippen molar-refractivity contribution >= 4 is 36.3 Å². The van der Waals surface area contributed by atoms with Crippen LogP contribution in [-0.4, -0.2) is 78.9 Å². The number of aromatic nitrogens is 2. The fourth-order valence-corrected chi connectivity index (χ4v) is 4.04. The Morgan fingerprint density at radius 1 is 0.780 bits per heavy atom. The van der Waals surface area contributed by atoms with E-state index < -0.39 is 47.9 Å². The smallest absolute Gasteiger partial charge is 0.326 e. The molecule has 218 valence electrons. The molecule has 0 saturated carbocycles. The average molecular weight is 585 g/mol. The number of nitrogens with two attached hydrogens (primary N) is 1. The van der Waals surface area contributed by atoms with Crippen LogP contribution in [0, 0.1) is 0 Å². The Balaban J connectivity index is 1.81. The summed E-state index contributed by atoms with van der Waals surface area (Å²) < 4.78 is 0. The number of phenols is 2. The van der Waals surface area contributed by atoms with Gasteiger partial charge in [-0.05, 0) is 35.4 Å². The lowest BCUT2D eigenvalue weighted by Gasteiger charge is -2.25. The predicted molar refractivity (Wildman–Crippen MR) is 151 cm³/mol. The van der Waals surface area contributed by atoms with Gasteiger partial charge in [0.15, 0.2) is 0 Å². The molecule has 1 aromatic heterocycles. The number of nitrogens with one attached hydrogen (secondary N) is 4. The number of rotatable bonds is 14. The van der Waals surface area contributed by atoms with Crippen LogP contribution in [0.5, 0.6) is 11.5 Å². The van der Waals surface area contributed by atoms with Gasteiger partial charge in [-0.3, -0.25) is 14.4 Å². The first-order chi connectivity index (χ1) is 19.5. The third kappa shape index (κ3) is 9.54. The number of aromatic hydroxyl groups is 2. The molecule has 0 spiro atoms. The van der Waals surface area contributed by atoms with E-state index in [2.05, 4.69) is 38.5 Å². The van der Waals surface area contributed by atoms with Crippen LogP contribution in [0.2, 0.25) is 0 Å². The quantitative estimate of drug-likeness (QED) is 0.113. The molecule has 1 heterocycles. The van der Waals surface area contributed by atoms with E-state index in [4.69, 9.17) is 5.73 Å². The van der Waals surface area contributed by atoms with Gasteiger partial charge in [0.2, 0.25) is 17.7 Å². The fourth-order valence-electron chi connectivity index (χ4n) is 3.88. The van der Waals surface area contributed by atoms with Gasteiger partial charge < -0.3 is 42.0 Å². The molecule has 0 saturated heterocycles. The lowest BCUT2D eigenvalue weighted by Crippen LogP contribution is -2.58. The Morgan fingerprint density at radius 3 is 1.71 bits per heavy atom. The number of hydrogen-bond acceptors (Lipinski definition) is 9. The number of thiol groups is 1. The van der Waals surface area contributed by atoms with E-state index in [0.717, 1.165) is 0 Å². The lowest BCUT2D eigenvalue weighted by atomic mass is 10.0. The van der Waals surface area contributed by atoms with Crippen LogP contribution in [0.15, 0.2) is 61.1 Å². The molecule has 3 rings (SSSR count). The number of aromatic amines is 1. The minimum Gasteiger partial charge on any atom is -0.508 e. The zero-order valence-electron chi connectivity index (χ0n) is 21.9. The number of imidazole rings is 1. The van der Waals surface area contributed by atoms with Crippen LogP contribution in [0.3, 0.4) is 0 Å². The van der Waals surface area contributed by atoms with Gasteiger partial charge in [0, 0.05) is 36.9 Å². The second-order valence-electron chi connectivity index (χ2n) is 9.33. The molecule has 3 amide bonds. The Bertz CT molecular complexity index is 1320. The second kappa shape index (κ2) is 14.7. The first kappa shape index (κ1) is 31.0. The summed E-state index contributed by atoms with van der Waals surface area (Å²) in [5, 5.41) is 36.5. The number of nitrogens with zero attached hydrogens (tertiary/aromatic N) is 1. The van der Waals surface area contributed by atoms with E-state index in [-0.39, 0.29) is 36.5 Å². The molecular weight excluding hydrogens is 552 g/mol. The van der Waals surface area contributed by atoms with Crippen molar-refractivity contribution in [2.45, 2.75) is 43.4 Å². The van der Waals surface area contributed by atoms with Gasteiger partial charge >= 0.3 is 5.97 Å². The number of carbonyl (C=O) groups excluding carboxylic acids is 3. The molecule has 0 fully saturated rings. The van der Waals surface area contributed by atoms with Crippen LogP contribution < -0.4 is 21.7 Å². The maximum Gasteiger partial charge on any atom is 0.326 e. The normalized spacial score (nSPS) is 13.8. The van der Waals surface area contributed by atoms with Crippen molar-refractivity contribution in [3.63, 3.8) is 0 Å². The minimum atomic E-state index is -1.34. The number of H-pyrrole nitrogens is 1. The van der Waals surface area contributed by atoms with Gasteiger partial charge in [-0.1, -0.05) is 24.3 Å². The maximum absolute atomic E-state index is 13.5. The molecule has 9 N–H and O–H groups in total. The first-order valence-corrected chi connectivity index (χ1v) is 13.2. The summed E-state index contributed by atoms with van der Waals surface area (Å²) in [4.78, 5) is 58.1. The van der Waals surface area contributed by atoms with E-state index in [1.165, 1.54) is 48.9 Å². The van der Waals surface area contributed by atoms with E-state index in [1.807, 2.05) is 0 Å². The molecule has 0 bridgehead atoms. The average Bonchev–Trinajstić information content (AvgIpc) is 3.46. The summed E-state index contributed by atoms with van der Waals surface area (Å²) in [6, 6.07) is 7.15. The van der Waals surface area contributed by atoms with Gasteiger partial charge in [-0.15, -0.1) is 0 Å². The summed E-state index contributed by atoms with van der Waals surface area (Å²) in [6.45, 7) is 0. The van der Waals surface area contributed by atoms with Gasteiger partial charge in [0.25, 0.3) is 0 Å². The van der Waals surface area contributed by atoms with Crippen molar-refractivity contribution in [2.24, 2.45) is 5.73 Å². The largest absolute Gasteiger partial charge is 0.508 e. The molecular formula is C27H32N6O7S. The van der Waals surface area contributed by atoms with Crippen molar-refractivity contribution in [3.8, 4) is 11.5 Å². The molecule has 0 aliphatic carbocycles. The minimum absolute atomic E-state index is 0.00808. The number of carboxylic acid groups (broad SMARTS) is 1. The number of carbonyl (C=O) groups is 4. The number of benzene rings is 2. The predicted octanol–water partition coefficient (Wildman–Crippen LogP) is -0.355.